The molecule has 0 aliphatic carbocycles. The van der Waals surface area contributed by atoms with Crippen molar-refractivity contribution in [1.82, 2.24) is 5.32 Å². The van der Waals surface area contributed by atoms with Crippen LogP contribution in [0.25, 0.3) is 11.1 Å². The second-order valence-corrected chi connectivity index (χ2v) is 11.4. The maximum Gasteiger partial charge on any atom is 0.411 e. The lowest BCUT2D eigenvalue weighted by molar-refractivity contribution is -0.288. The average molecular weight is 637 g/mol. The van der Waals surface area contributed by atoms with Crippen LogP contribution < -0.4 is 10.2 Å². The molecule has 0 saturated heterocycles. The minimum atomic E-state index is -6.05. The zero-order valence-electron chi connectivity index (χ0n) is 24.3. The van der Waals surface area contributed by atoms with E-state index >= 15 is 0 Å². The lowest BCUT2D eigenvalue weighted by atomic mass is 9.71. The van der Waals surface area contributed by atoms with Crippen molar-refractivity contribution in [3.8, 4) is 11.1 Å². The quantitative estimate of drug-likeness (QED) is 0.187. The number of imide groups is 2. The van der Waals surface area contributed by atoms with Crippen LogP contribution in [0.5, 0.6) is 0 Å². The number of benzene rings is 4. The van der Waals surface area contributed by atoms with Gasteiger partial charge in [0.25, 0.3) is 23.6 Å². The molecule has 0 fully saturated rings. The van der Waals surface area contributed by atoms with E-state index in [1.807, 2.05) is 43.4 Å². The van der Waals surface area contributed by atoms with Crippen molar-refractivity contribution >= 4 is 29.3 Å². The highest BCUT2D eigenvalue weighted by atomic mass is 19.4. The Kier molecular flexibility index (Phi) is 6.77. The number of fused-ring (bicyclic) bond motifs is 2. The fraction of sp³-hybridized carbons (Fsp3) is 0.176. The number of alkyl halides is 6. The summed E-state index contributed by atoms with van der Waals surface area (Å²) in [6, 6.07) is 13.9. The van der Waals surface area contributed by atoms with Gasteiger partial charge in [-0.25, -0.2) is 4.90 Å². The van der Waals surface area contributed by atoms with E-state index in [4.69, 9.17) is 0 Å². The number of amides is 4. The summed E-state index contributed by atoms with van der Waals surface area (Å²) in [5.41, 5.74) is -5.48. The van der Waals surface area contributed by atoms with Gasteiger partial charge >= 0.3 is 12.4 Å². The standard InChI is InChI=1S/C34H22F6N2O4/c1-16-8-17(2)10-19(9-16)20-11-18(3)12-23(13-20)42-30(45)25-7-5-22(15-27(25)31(42)46)32(33(35,36)37,34(38,39)40)21-4-6-24-26(14-21)29(44)41-28(24)43/h4-15H,1-3H3,(H,41,43,44). The molecule has 4 amide bonds. The molecule has 2 aliphatic rings. The summed E-state index contributed by atoms with van der Waals surface area (Å²) < 4.78 is 89.4. The third-order valence-corrected chi connectivity index (χ3v) is 8.21. The van der Waals surface area contributed by atoms with Gasteiger partial charge in [-0.1, -0.05) is 47.5 Å². The van der Waals surface area contributed by atoms with Crippen molar-refractivity contribution in [3.63, 3.8) is 0 Å². The molecule has 0 spiro atoms. The highest BCUT2D eigenvalue weighted by molar-refractivity contribution is 6.34. The lowest BCUT2D eigenvalue weighted by Crippen LogP contribution is -2.55. The van der Waals surface area contributed by atoms with Gasteiger partial charge in [-0.3, -0.25) is 24.5 Å². The van der Waals surface area contributed by atoms with Crippen LogP contribution in [0.15, 0.2) is 72.8 Å². The predicted octanol–water partition coefficient (Wildman–Crippen LogP) is 7.37. The first-order valence-corrected chi connectivity index (χ1v) is 13.8. The molecule has 0 saturated carbocycles. The zero-order valence-corrected chi connectivity index (χ0v) is 24.3. The van der Waals surface area contributed by atoms with Crippen molar-refractivity contribution in [2.24, 2.45) is 0 Å². The Morgan fingerprint density at radius 1 is 0.522 bits per heavy atom. The number of hydrogen-bond acceptors (Lipinski definition) is 4. The van der Waals surface area contributed by atoms with E-state index in [9.17, 15) is 45.5 Å². The summed E-state index contributed by atoms with van der Waals surface area (Å²) in [5.74, 6) is -4.13. The smallest absolute Gasteiger partial charge is 0.288 e. The van der Waals surface area contributed by atoms with Gasteiger partial charge in [0.1, 0.15) is 0 Å². The number of carbonyl (C=O) groups excluding carboxylic acids is 4. The third kappa shape index (κ3) is 4.50. The van der Waals surface area contributed by atoms with E-state index < -0.39 is 63.7 Å². The highest BCUT2D eigenvalue weighted by Crippen LogP contribution is 2.57. The highest BCUT2D eigenvalue weighted by Gasteiger charge is 2.73. The van der Waals surface area contributed by atoms with E-state index in [1.165, 1.54) is 6.07 Å². The molecular formula is C34H22F6N2O4. The number of aryl methyl sites for hydroxylation is 3. The molecule has 46 heavy (non-hydrogen) atoms. The second kappa shape index (κ2) is 10.1. The third-order valence-electron chi connectivity index (χ3n) is 8.21. The second-order valence-electron chi connectivity index (χ2n) is 11.4. The molecule has 6 nitrogen and oxygen atoms in total. The normalized spacial score (nSPS) is 14.9. The fourth-order valence-corrected chi connectivity index (χ4v) is 6.29. The molecule has 0 unspecified atom stereocenters. The Bertz CT molecular complexity index is 2000. The summed E-state index contributed by atoms with van der Waals surface area (Å²) in [6.07, 6.45) is -12.1. The fourth-order valence-electron chi connectivity index (χ4n) is 6.29. The van der Waals surface area contributed by atoms with Crippen LogP contribution in [0.1, 0.15) is 69.2 Å². The van der Waals surface area contributed by atoms with E-state index in [2.05, 4.69) is 0 Å². The Labute approximate surface area is 257 Å². The van der Waals surface area contributed by atoms with Crippen molar-refractivity contribution in [1.29, 1.82) is 0 Å². The van der Waals surface area contributed by atoms with Crippen molar-refractivity contribution in [3.05, 3.63) is 123 Å². The number of nitrogens with zero attached hydrogens (tertiary/aromatic N) is 1. The van der Waals surface area contributed by atoms with E-state index in [0.717, 1.165) is 27.7 Å². The van der Waals surface area contributed by atoms with Gasteiger partial charge in [0.05, 0.1) is 27.9 Å². The molecule has 234 valence electrons. The summed E-state index contributed by atoms with van der Waals surface area (Å²) in [5, 5.41) is 1.84. The lowest BCUT2D eigenvalue weighted by Gasteiger charge is -2.38. The Morgan fingerprint density at radius 3 is 1.54 bits per heavy atom. The Morgan fingerprint density at radius 2 is 0.978 bits per heavy atom. The van der Waals surface area contributed by atoms with Crippen LogP contribution in [0, 0.1) is 20.8 Å². The van der Waals surface area contributed by atoms with Crippen molar-refractivity contribution < 1.29 is 45.5 Å². The van der Waals surface area contributed by atoms with Crippen LogP contribution in [0.3, 0.4) is 0 Å². The number of anilines is 1. The van der Waals surface area contributed by atoms with Crippen LogP contribution >= 0.6 is 0 Å². The maximum atomic E-state index is 14.9. The van der Waals surface area contributed by atoms with Gasteiger partial charge < -0.3 is 0 Å². The topological polar surface area (TPSA) is 83.6 Å². The Balaban J connectivity index is 1.50. The Hall–Kier alpha value is -5.26. The van der Waals surface area contributed by atoms with Crippen LogP contribution in [0.4, 0.5) is 32.0 Å². The molecule has 2 heterocycles. The number of rotatable bonds is 4. The molecule has 0 aromatic heterocycles. The summed E-state index contributed by atoms with van der Waals surface area (Å²) in [7, 11) is 0. The number of hydrogen-bond donors (Lipinski definition) is 1. The first kappa shape index (κ1) is 30.8. The van der Waals surface area contributed by atoms with Gasteiger partial charge in [-0.2, -0.15) is 26.3 Å². The summed E-state index contributed by atoms with van der Waals surface area (Å²) in [4.78, 5) is 52.0. The molecule has 4 aromatic rings. The van der Waals surface area contributed by atoms with E-state index in [-0.39, 0.29) is 16.8 Å². The molecule has 2 aliphatic heterocycles. The van der Waals surface area contributed by atoms with Gasteiger partial charge in [0.15, 0.2) is 0 Å². The zero-order chi connectivity index (χ0) is 33.5. The van der Waals surface area contributed by atoms with E-state index in [0.29, 0.717) is 41.5 Å². The van der Waals surface area contributed by atoms with Gasteiger partial charge in [-0.15, -0.1) is 0 Å². The molecule has 4 aromatic carbocycles. The van der Waals surface area contributed by atoms with Gasteiger partial charge in [0.2, 0.25) is 5.41 Å². The minimum Gasteiger partial charge on any atom is -0.288 e. The maximum absolute atomic E-state index is 14.9. The van der Waals surface area contributed by atoms with Crippen molar-refractivity contribution in [2.45, 2.75) is 38.5 Å². The average Bonchev–Trinajstić information content (AvgIpc) is 3.37. The van der Waals surface area contributed by atoms with Crippen LogP contribution in [0.2, 0.25) is 0 Å². The summed E-state index contributed by atoms with van der Waals surface area (Å²) >= 11 is 0. The molecule has 1 N–H and O–H groups in total. The molecular weight excluding hydrogens is 614 g/mol. The number of halogens is 6. The molecule has 0 atom stereocenters. The van der Waals surface area contributed by atoms with Crippen molar-refractivity contribution in [2.75, 3.05) is 4.90 Å². The molecule has 6 rings (SSSR count). The van der Waals surface area contributed by atoms with E-state index in [1.54, 1.807) is 13.0 Å². The van der Waals surface area contributed by atoms with Gasteiger partial charge in [0, 0.05) is 0 Å². The molecule has 12 heteroatoms. The number of carbonyl (C=O) groups is 4. The van der Waals surface area contributed by atoms with Crippen LogP contribution in [-0.2, 0) is 5.41 Å². The largest absolute Gasteiger partial charge is 0.411 e. The minimum absolute atomic E-state index is 0.0918. The monoisotopic (exact) mass is 636 g/mol. The van der Waals surface area contributed by atoms with Gasteiger partial charge in [-0.05, 0) is 85.0 Å². The summed E-state index contributed by atoms with van der Waals surface area (Å²) in [6.45, 7) is 5.51. The first-order valence-electron chi connectivity index (χ1n) is 13.8. The molecule has 0 radical (unpaired) electrons. The predicted molar refractivity (Wildman–Crippen MR) is 155 cm³/mol. The number of nitrogens with one attached hydrogen (secondary N) is 1. The van der Waals surface area contributed by atoms with Crippen LogP contribution in [-0.4, -0.2) is 36.0 Å². The molecule has 0 bridgehead atoms. The first-order chi connectivity index (χ1) is 21.4. The SMILES string of the molecule is Cc1cc(C)cc(-c2cc(C)cc(N3C(=O)c4ccc(C(c5ccc6c(c5)C(=O)NC6=O)(C(F)(F)F)C(F)(F)F)cc4C3=O)c2)c1.